The van der Waals surface area contributed by atoms with Crippen molar-refractivity contribution in [1.29, 1.82) is 0 Å². The van der Waals surface area contributed by atoms with E-state index in [1.165, 1.54) is 0 Å². The van der Waals surface area contributed by atoms with Crippen LogP contribution in [0.2, 0.25) is 0 Å². The Morgan fingerprint density at radius 2 is 1.82 bits per heavy atom. The predicted octanol–water partition coefficient (Wildman–Crippen LogP) is 3.39. The van der Waals surface area contributed by atoms with Gasteiger partial charge in [-0.05, 0) is 36.4 Å². The van der Waals surface area contributed by atoms with E-state index < -0.39 is 0 Å². The van der Waals surface area contributed by atoms with Crippen molar-refractivity contribution in [3.05, 3.63) is 60.3 Å². The van der Waals surface area contributed by atoms with E-state index in [9.17, 15) is 0 Å². The van der Waals surface area contributed by atoms with Crippen molar-refractivity contribution in [3.63, 3.8) is 0 Å². The van der Waals surface area contributed by atoms with Gasteiger partial charge < -0.3 is 4.42 Å². The number of benzene rings is 1. The van der Waals surface area contributed by atoms with Crippen molar-refractivity contribution in [1.82, 2.24) is 9.97 Å². The van der Waals surface area contributed by atoms with Crippen LogP contribution in [0.15, 0.2) is 53.3 Å². The molecule has 0 amide bonds. The molecule has 0 aliphatic heterocycles. The molecule has 0 fully saturated rings. The second kappa shape index (κ2) is 4.22. The van der Waals surface area contributed by atoms with E-state index in [0.29, 0.717) is 0 Å². The Kier molecular flexibility index (Phi) is 2.43. The van der Waals surface area contributed by atoms with E-state index in [0.717, 1.165) is 22.5 Å². The minimum Gasteiger partial charge on any atom is -0.465 e. The summed E-state index contributed by atoms with van der Waals surface area (Å²) in [6.07, 6.45) is 7.16. The van der Waals surface area contributed by atoms with Crippen molar-refractivity contribution in [2.24, 2.45) is 0 Å². The molecule has 0 aliphatic carbocycles. The van der Waals surface area contributed by atoms with Crippen LogP contribution in [-0.4, -0.2) is 9.97 Å². The van der Waals surface area contributed by atoms with Crippen molar-refractivity contribution in [2.75, 3.05) is 0 Å². The summed E-state index contributed by atoms with van der Waals surface area (Å²) in [5.74, 6) is 0.806. The lowest BCUT2D eigenvalue weighted by Crippen LogP contribution is -1.86. The van der Waals surface area contributed by atoms with E-state index >= 15 is 0 Å². The van der Waals surface area contributed by atoms with Crippen molar-refractivity contribution in [2.45, 2.75) is 0 Å². The second-order valence-electron chi connectivity index (χ2n) is 3.63. The molecule has 2 heterocycles. The number of rotatable bonds is 2. The first-order chi connectivity index (χ1) is 8.42. The van der Waals surface area contributed by atoms with Gasteiger partial charge in [0.15, 0.2) is 0 Å². The molecule has 0 unspecified atom stereocenters. The van der Waals surface area contributed by atoms with Gasteiger partial charge in [-0.2, -0.15) is 0 Å². The van der Waals surface area contributed by atoms with E-state index in [2.05, 4.69) is 9.97 Å². The quantitative estimate of drug-likeness (QED) is 0.667. The number of aromatic nitrogens is 2. The molecule has 0 atom stereocenters. The van der Waals surface area contributed by atoms with Gasteiger partial charge in [-0.3, -0.25) is 4.98 Å². The smallest absolute Gasteiger partial charge is 0.126 e. The van der Waals surface area contributed by atoms with Gasteiger partial charge in [0.2, 0.25) is 0 Å². The zero-order valence-corrected chi connectivity index (χ0v) is 9.08. The summed E-state index contributed by atoms with van der Waals surface area (Å²) in [5.41, 5.74) is 2.62. The van der Waals surface area contributed by atoms with Gasteiger partial charge >= 0.3 is 0 Å². The Balaban J connectivity index is 1.96. The molecule has 0 spiro atoms. The average Bonchev–Trinajstić information content (AvgIpc) is 2.89. The van der Waals surface area contributed by atoms with E-state index in [1.54, 1.807) is 12.5 Å². The van der Waals surface area contributed by atoms with Crippen LogP contribution >= 0.6 is 0 Å². The molecule has 2 aromatic heterocycles. The Hall–Kier alpha value is -2.42. The molecule has 0 N–H and O–H groups in total. The molecule has 3 aromatic rings. The minimum absolute atomic E-state index is 0.806. The maximum absolute atomic E-state index is 5.21. The number of hydrogen-bond donors (Lipinski definition) is 0. The molecule has 0 radical (unpaired) electrons. The predicted molar refractivity (Wildman–Crippen MR) is 67.2 cm³/mol. The summed E-state index contributed by atoms with van der Waals surface area (Å²) in [5, 5.41) is 0. The largest absolute Gasteiger partial charge is 0.465 e. The summed E-state index contributed by atoms with van der Waals surface area (Å²) in [4.78, 5) is 8.82. The molecular weight excluding hydrogens is 212 g/mol. The molecule has 3 heteroatoms. The molecule has 1 aromatic carbocycles. The summed E-state index contributed by atoms with van der Waals surface area (Å²) >= 11 is 0. The van der Waals surface area contributed by atoms with Gasteiger partial charge in [0.05, 0.1) is 29.2 Å². The molecule has 0 saturated carbocycles. The summed E-state index contributed by atoms with van der Waals surface area (Å²) in [6, 6.07) is 11.6. The Morgan fingerprint density at radius 1 is 0.941 bits per heavy atom. The highest BCUT2D eigenvalue weighted by atomic mass is 16.3. The lowest BCUT2D eigenvalue weighted by atomic mass is 10.3. The average molecular weight is 222 g/mol. The molecule has 0 saturated heterocycles. The van der Waals surface area contributed by atoms with Gasteiger partial charge in [-0.1, -0.05) is 12.1 Å². The fourth-order valence-corrected chi connectivity index (χ4v) is 1.61. The molecule has 0 aliphatic rings. The van der Waals surface area contributed by atoms with E-state index in [1.807, 2.05) is 48.6 Å². The molecule has 0 bridgehead atoms. The van der Waals surface area contributed by atoms with Crippen molar-refractivity contribution >= 4 is 23.2 Å². The van der Waals surface area contributed by atoms with Crippen LogP contribution < -0.4 is 0 Å². The summed E-state index contributed by atoms with van der Waals surface area (Å²) in [7, 11) is 0. The number of para-hydroxylation sites is 2. The number of hydrogen-bond acceptors (Lipinski definition) is 3. The molecule has 82 valence electrons. The van der Waals surface area contributed by atoms with Gasteiger partial charge in [-0.15, -0.1) is 0 Å². The number of furan rings is 1. The van der Waals surface area contributed by atoms with Gasteiger partial charge in [-0.25, -0.2) is 4.98 Å². The fourth-order valence-electron chi connectivity index (χ4n) is 1.61. The molecule has 17 heavy (non-hydrogen) atoms. The summed E-state index contributed by atoms with van der Waals surface area (Å²) in [6.45, 7) is 0. The second-order valence-corrected chi connectivity index (χ2v) is 3.63. The standard InChI is InChI=1S/C14H10N2O/c1-2-6-14-13(5-1)15-10-11(16-14)7-8-12-4-3-9-17-12/h1-10H/b8-7+. The normalized spacial score (nSPS) is 11.3. The zero-order valence-electron chi connectivity index (χ0n) is 9.08. The third kappa shape index (κ3) is 2.08. The van der Waals surface area contributed by atoms with Gasteiger partial charge in [0.1, 0.15) is 5.76 Å². The maximum atomic E-state index is 5.21. The highest BCUT2D eigenvalue weighted by Gasteiger charge is 1.96. The SMILES string of the molecule is C(=C\c1ccco1)/c1cnc2ccccc2n1. The van der Waals surface area contributed by atoms with Crippen LogP contribution in [-0.2, 0) is 0 Å². The van der Waals surface area contributed by atoms with Crippen LogP contribution in [0.25, 0.3) is 23.2 Å². The maximum Gasteiger partial charge on any atom is 0.126 e. The Labute approximate surface area is 98.4 Å². The van der Waals surface area contributed by atoms with E-state index in [4.69, 9.17) is 4.42 Å². The monoisotopic (exact) mass is 222 g/mol. The van der Waals surface area contributed by atoms with Crippen LogP contribution in [0.5, 0.6) is 0 Å². The number of fused-ring (bicyclic) bond motifs is 1. The zero-order chi connectivity index (χ0) is 11.5. The lowest BCUT2D eigenvalue weighted by Gasteiger charge is -1.96. The van der Waals surface area contributed by atoms with E-state index in [-0.39, 0.29) is 0 Å². The Bertz CT molecular complexity index is 657. The number of nitrogens with zero attached hydrogens (tertiary/aromatic N) is 2. The lowest BCUT2D eigenvalue weighted by molar-refractivity contribution is 0.557. The topological polar surface area (TPSA) is 38.9 Å². The van der Waals surface area contributed by atoms with Gasteiger partial charge in [0.25, 0.3) is 0 Å². The van der Waals surface area contributed by atoms with Crippen LogP contribution in [0, 0.1) is 0 Å². The van der Waals surface area contributed by atoms with Crippen LogP contribution in [0.4, 0.5) is 0 Å². The molecule has 3 rings (SSSR count). The third-order valence-corrected chi connectivity index (χ3v) is 2.43. The highest BCUT2D eigenvalue weighted by molar-refractivity contribution is 5.76. The van der Waals surface area contributed by atoms with Crippen molar-refractivity contribution in [3.8, 4) is 0 Å². The molecular formula is C14H10N2O. The highest BCUT2D eigenvalue weighted by Crippen LogP contribution is 2.11. The summed E-state index contributed by atoms with van der Waals surface area (Å²) < 4.78 is 5.21. The third-order valence-electron chi connectivity index (χ3n) is 2.43. The van der Waals surface area contributed by atoms with Gasteiger partial charge in [0, 0.05) is 0 Å². The first kappa shape index (κ1) is 9.78. The first-order valence-corrected chi connectivity index (χ1v) is 5.35. The molecule has 3 nitrogen and oxygen atoms in total. The van der Waals surface area contributed by atoms with Crippen LogP contribution in [0.1, 0.15) is 11.5 Å². The Morgan fingerprint density at radius 3 is 2.65 bits per heavy atom. The van der Waals surface area contributed by atoms with Crippen LogP contribution in [0.3, 0.4) is 0 Å². The first-order valence-electron chi connectivity index (χ1n) is 5.35. The minimum atomic E-state index is 0.806. The fraction of sp³-hybridized carbons (Fsp3) is 0. The van der Waals surface area contributed by atoms with Crippen molar-refractivity contribution < 1.29 is 4.42 Å².